The number of thioether (sulfide) groups is 1. The molecule has 2 amide bonds. The number of benzene rings is 1. The first-order valence-corrected chi connectivity index (χ1v) is 13.2. The van der Waals surface area contributed by atoms with Gasteiger partial charge in [-0.15, -0.1) is 23.1 Å². The third-order valence-electron chi connectivity index (χ3n) is 7.66. The summed E-state index contributed by atoms with van der Waals surface area (Å²) < 4.78 is 5.71. The topological polar surface area (TPSA) is 99.7 Å². The average Bonchev–Trinajstić information content (AvgIpc) is 3.50. The van der Waals surface area contributed by atoms with Crippen LogP contribution in [0.4, 0.5) is 0 Å². The van der Waals surface area contributed by atoms with Gasteiger partial charge in [0.1, 0.15) is 12.3 Å². The first kappa shape index (κ1) is 21.4. The lowest BCUT2D eigenvalue weighted by Gasteiger charge is -2.43. The van der Waals surface area contributed by atoms with Crippen LogP contribution < -0.4 is 0 Å². The van der Waals surface area contributed by atoms with Crippen LogP contribution in [-0.2, 0) is 19.1 Å². The van der Waals surface area contributed by atoms with E-state index in [1.165, 1.54) is 4.88 Å². The number of rotatable bonds is 4. The molecule has 1 aromatic carbocycles. The van der Waals surface area contributed by atoms with E-state index in [0.717, 1.165) is 25.9 Å². The number of ether oxygens (including phenoxy) is 1. The molecule has 1 aromatic heterocycles. The minimum atomic E-state index is -0.546. The number of thiazole rings is 1. The Kier molecular flexibility index (Phi) is 4.97. The second-order valence-electron chi connectivity index (χ2n) is 9.12. The zero-order valence-corrected chi connectivity index (χ0v) is 20.2. The van der Waals surface area contributed by atoms with Gasteiger partial charge in [-0.05, 0) is 61.0 Å². The molecule has 10 heteroatoms. The number of H-pyrrole nitrogens is 1. The number of phenolic OH excluding ortho intramolecular Hbond substituents is 1. The van der Waals surface area contributed by atoms with Crippen molar-refractivity contribution < 1.29 is 24.2 Å². The van der Waals surface area contributed by atoms with Crippen LogP contribution in [0.3, 0.4) is 0 Å². The highest BCUT2D eigenvalue weighted by Crippen LogP contribution is 2.68. The van der Waals surface area contributed by atoms with Crippen molar-refractivity contribution in [2.24, 2.45) is 29.6 Å². The van der Waals surface area contributed by atoms with Crippen molar-refractivity contribution in [3.8, 4) is 5.75 Å². The van der Waals surface area contributed by atoms with Crippen LogP contribution >= 0.6 is 35.3 Å². The number of hydrogen-bond donors (Lipinski definition) is 2. The predicted molar refractivity (Wildman–Crippen MR) is 125 cm³/mol. The number of aromatic hydroxyl groups is 1. The molecule has 7 atom stereocenters. The van der Waals surface area contributed by atoms with E-state index in [9.17, 15) is 19.5 Å². The fourth-order valence-electron chi connectivity index (χ4n) is 6.63. The number of nitrogens with one attached hydrogen (secondary N) is 1. The SMILES string of the molecule is CCOC(=O)CN1C(=O)C2C3CC(C2C1=O)C1C(c2ccc(O)cc2)c2sc(=S)[nH]c2SC31. The summed E-state index contributed by atoms with van der Waals surface area (Å²) in [6.07, 6.45) is 0.840. The smallest absolute Gasteiger partial charge is 0.326 e. The molecule has 6 rings (SSSR count). The van der Waals surface area contributed by atoms with Gasteiger partial charge in [0.15, 0.2) is 3.95 Å². The number of hydrogen-bond acceptors (Lipinski definition) is 8. The van der Waals surface area contributed by atoms with Crippen molar-refractivity contribution in [1.82, 2.24) is 9.88 Å². The van der Waals surface area contributed by atoms with Crippen LogP contribution in [0.2, 0.25) is 0 Å². The molecule has 3 heterocycles. The molecule has 2 bridgehead atoms. The van der Waals surface area contributed by atoms with Crippen LogP contribution in [-0.4, -0.2) is 51.2 Å². The summed E-state index contributed by atoms with van der Waals surface area (Å²) >= 11 is 8.78. The molecule has 0 spiro atoms. The molecule has 172 valence electrons. The second kappa shape index (κ2) is 7.68. The molecule has 4 aliphatic rings. The highest BCUT2D eigenvalue weighted by Gasteiger charge is 2.69. The minimum Gasteiger partial charge on any atom is -0.508 e. The Balaban J connectivity index is 1.39. The first-order chi connectivity index (χ1) is 15.9. The molecule has 2 aliphatic carbocycles. The molecule has 7 unspecified atom stereocenters. The Bertz CT molecular complexity index is 1220. The summed E-state index contributed by atoms with van der Waals surface area (Å²) in [5, 5.41) is 11.1. The van der Waals surface area contributed by atoms with Crippen LogP contribution in [0.5, 0.6) is 5.75 Å². The Labute approximate surface area is 203 Å². The van der Waals surface area contributed by atoms with E-state index in [2.05, 4.69) is 4.98 Å². The molecule has 2 saturated carbocycles. The van der Waals surface area contributed by atoms with E-state index in [0.29, 0.717) is 0 Å². The van der Waals surface area contributed by atoms with Gasteiger partial charge >= 0.3 is 5.97 Å². The first-order valence-electron chi connectivity index (χ1n) is 11.1. The van der Waals surface area contributed by atoms with E-state index >= 15 is 0 Å². The fraction of sp³-hybridized carbons (Fsp3) is 0.478. The summed E-state index contributed by atoms with van der Waals surface area (Å²) in [6, 6.07) is 7.27. The molecule has 2 aromatic rings. The maximum absolute atomic E-state index is 13.4. The number of aromatic nitrogens is 1. The van der Waals surface area contributed by atoms with Gasteiger partial charge in [-0.1, -0.05) is 12.1 Å². The number of carbonyl (C=O) groups excluding carboxylic acids is 3. The molecular formula is C23H22N2O5S3. The van der Waals surface area contributed by atoms with Crippen molar-refractivity contribution >= 4 is 53.1 Å². The molecule has 0 radical (unpaired) electrons. The van der Waals surface area contributed by atoms with E-state index in [1.54, 1.807) is 42.2 Å². The average molecular weight is 503 g/mol. The van der Waals surface area contributed by atoms with Crippen LogP contribution in [0.1, 0.15) is 29.7 Å². The molecule has 3 fully saturated rings. The summed E-state index contributed by atoms with van der Waals surface area (Å²) in [7, 11) is 0. The normalized spacial score (nSPS) is 33.7. The lowest BCUT2D eigenvalue weighted by molar-refractivity contribution is -0.153. The van der Waals surface area contributed by atoms with Crippen molar-refractivity contribution in [2.75, 3.05) is 13.2 Å². The Morgan fingerprint density at radius 3 is 2.61 bits per heavy atom. The summed E-state index contributed by atoms with van der Waals surface area (Å²) in [5.74, 6) is -1.18. The summed E-state index contributed by atoms with van der Waals surface area (Å²) in [4.78, 5) is 44.3. The van der Waals surface area contributed by atoms with Crippen LogP contribution in [0, 0.1) is 33.5 Å². The largest absolute Gasteiger partial charge is 0.508 e. The van der Waals surface area contributed by atoms with Gasteiger partial charge in [0.05, 0.1) is 23.5 Å². The van der Waals surface area contributed by atoms with Gasteiger partial charge < -0.3 is 14.8 Å². The quantitative estimate of drug-likeness (QED) is 0.375. The van der Waals surface area contributed by atoms with Gasteiger partial charge in [-0.25, -0.2) is 0 Å². The third-order valence-corrected chi connectivity index (χ3v) is 10.6. The van der Waals surface area contributed by atoms with Gasteiger partial charge in [-0.3, -0.25) is 19.3 Å². The van der Waals surface area contributed by atoms with Gasteiger partial charge in [0, 0.05) is 16.0 Å². The van der Waals surface area contributed by atoms with Crippen molar-refractivity contribution in [3.05, 3.63) is 38.7 Å². The number of aromatic amines is 1. The fourth-order valence-corrected chi connectivity index (χ4v) is 9.96. The zero-order chi connectivity index (χ0) is 23.0. The standard InChI is InChI=1S/C23H22N2O5S3/c1-2-30-13(27)8-25-21(28)16-11-7-12(17(16)22(25)29)18-15(11)14(9-3-5-10(26)6-4-9)19-20(32-18)24-23(31)33-19/h3-6,11-12,14-18,26H,2,7-8H2,1H3,(H,24,31). The van der Waals surface area contributed by atoms with E-state index in [4.69, 9.17) is 17.0 Å². The van der Waals surface area contributed by atoms with Crippen LogP contribution in [0.15, 0.2) is 29.3 Å². The van der Waals surface area contributed by atoms with Gasteiger partial charge in [0.2, 0.25) is 11.8 Å². The molecule has 2 aliphatic heterocycles. The summed E-state index contributed by atoms with van der Waals surface area (Å²) in [5.41, 5.74) is 1.08. The molecule has 7 nitrogen and oxygen atoms in total. The Morgan fingerprint density at radius 1 is 1.21 bits per heavy atom. The van der Waals surface area contributed by atoms with E-state index < -0.39 is 5.97 Å². The van der Waals surface area contributed by atoms with Gasteiger partial charge in [-0.2, -0.15) is 0 Å². The molecular weight excluding hydrogens is 480 g/mol. The zero-order valence-electron chi connectivity index (χ0n) is 17.7. The van der Waals surface area contributed by atoms with E-state index in [-0.39, 0.29) is 71.5 Å². The highest BCUT2D eigenvalue weighted by atomic mass is 32.2. The lowest BCUT2D eigenvalue weighted by atomic mass is 9.68. The second-order valence-corrected chi connectivity index (χ2v) is 12.0. The maximum atomic E-state index is 13.4. The van der Waals surface area contributed by atoms with E-state index in [1.807, 2.05) is 12.1 Å². The number of imide groups is 1. The number of carbonyl (C=O) groups is 3. The van der Waals surface area contributed by atoms with Crippen molar-refractivity contribution in [3.63, 3.8) is 0 Å². The van der Waals surface area contributed by atoms with Crippen molar-refractivity contribution in [2.45, 2.75) is 29.5 Å². The monoisotopic (exact) mass is 502 g/mol. The van der Waals surface area contributed by atoms with Crippen molar-refractivity contribution in [1.29, 1.82) is 0 Å². The maximum Gasteiger partial charge on any atom is 0.326 e. The minimum absolute atomic E-state index is 0.0442. The highest BCUT2D eigenvalue weighted by molar-refractivity contribution is 8.00. The number of esters is 1. The third kappa shape index (κ3) is 3.06. The molecule has 33 heavy (non-hydrogen) atoms. The number of likely N-dealkylation sites (tertiary alicyclic amines) is 1. The Hall–Kier alpha value is -2.17. The predicted octanol–water partition coefficient (Wildman–Crippen LogP) is 3.55. The lowest BCUT2D eigenvalue weighted by Crippen LogP contribution is -2.42. The number of phenols is 1. The van der Waals surface area contributed by atoms with Gasteiger partial charge in [0.25, 0.3) is 0 Å². The number of fused-ring (bicyclic) bond motifs is 9. The van der Waals surface area contributed by atoms with Crippen LogP contribution in [0.25, 0.3) is 0 Å². The Morgan fingerprint density at radius 2 is 1.91 bits per heavy atom. The number of nitrogens with zero attached hydrogens (tertiary/aromatic N) is 1. The number of amides is 2. The molecule has 1 saturated heterocycles. The molecule has 2 N–H and O–H groups in total. The summed E-state index contributed by atoms with van der Waals surface area (Å²) in [6.45, 7) is 1.62.